The molecule has 0 unspecified atom stereocenters. The number of anilines is 1. The number of nitrogens with one attached hydrogen (secondary N) is 1. The molecule has 0 radical (unpaired) electrons. The third-order valence-corrected chi connectivity index (χ3v) is 5.44. The Kier molecular flexibility index (Phi) is 8.26. The molecule has 3 aromatic heterocycles. The van der Waals surface area contributed by atoms with Gasteiger partial charge in [-0.3, -0.25) is 19.3 Å². The van der Waals surface area contributed by atoms with Gasteiger partial charge in [0.2, 0.25) is 0 Å². The highest BCUT2D eigenvalue weighted by Gasteiger charge is 2.19. The Morgan fingerprint density at radius 1 is 1.13 bits per heavy atom. The van der Waals surface area contributed by atoms with Crippen molar-refractivity contribution >= 4 is 17.8 Å². The lowest BCUT2D eigenvalue weighted by molar-refractivity contribution is -0.144. The molecule has 198 valence electrons. The second-order valence-electron chi connectivity index (χ2n) is 8.88. The van der Waals surface area contributed by atoms with Crippen LogP contribution in [0.1, 0.15) is 26.3 Å². The number of esters is 2. The maximum atomic E-state index is 11.6. The Balaban J connectivity index is 1.84. The molecular formula is C28H27N7O4. The maximum Gasteiger partial charge on any atom is 0.308 e. The number of hydrogen-bond acceptors (Lipinski definition) is 10. The van der Waals surface area contributed by atoms with Gasteiger partial charge in [-0.25, -0.2) is 9.97 Å². The van der Waals surface area contributed by atoms with Crippen molar-refractivity contribution < 1.29 is 19.1 Å². The first kappa shape index (κ1) is 26.9. The Morgan fingerprint density at radius 2 is 1.95 bits per heavy atom. The first-order chi connectivity index (χ1) is 18.7. The van der Waals surface area contributed by atoms with Crippen LogP contribution < -0.4 is 10.1 Å². The minimum Gasteiger partial charge on any atom is -0.461 e. The molecular weight excluding hydrogens is 498 g/mol. The van der Waals surface area contributed by atoms with Crippen molar-refractivity contribution in [2.24, 2.45) is 0 Å². The van der Waals surface area contributed by atoms with Gasteiger partial charge < -0.3 is 14.8 Å². The van der Waals surface area contributed by atoms with E-state index >= 15 is 0 Å². The lowest BCUT2D eigenvalue weighted by Gasteiger charge is -2.15. The lowest BCUT2D eigenvalue weighted by atomic mass is 10.0. The van der Waals surface area contributed by atoms with E-state index in [2.05, 4.69) is 26.5 Å². The molecule has 11 nitrogen and oxygen atoms in total. The second-order valence-corrected chi connectivity index (χ2v) is 8.88. The minimum absolute atomic E-state index is 0.0289. The van der Waals surface area contributed by atoms with Crippen LogP contribution >= 0.6 is 0 Å². The van der Waals surface area contributed by atoms with E-state index in [-0.39, 0.29) is 18.6 Å². The van der Waals surface area contributed by atoms with E-state index in [4.69, 9.17) is 14.5 Å². The molecule has 0 aliphatic heterocycles. The molecule has 0 aliphatic carbocycles. The summed E-state index contributed by atoms with van der Waals surface area (Å²) in [6.07, 6.45) is 4.68. The molecule has 0 saturated carbocycles. The molecule has 0 saturated heterocycles. The number of ether oxygens (including phenoxy) is 2. The summed E-state index contributed by atoms with van der Waals surface area (Å²) in [5.41, 5.74) is 4.00. The molecule has 0 aliphatic rings. The largest absolute Gasteiger partial charge is 0.461 e. The van der Waals surface area contributed by atoms with E-state index < -0.39 is 5.97 Å². The van der Waals surface area contributed by atoms with Crippen LogP contribution in [0.25, 0.3) is 33.9 Å². The molecule has 4 rings (SSSR count). The molecule has 1 atom stereocenters. The standard InChI is InChI=1S/C28H27N7O4/c1-17-10-22(12-23(11-17)39-20(4)37)27-24(16-35(34-27)9-7-29)25-13-26(31-14-18(2)38-19(3)36)33-28(32-25)21-6-5-8-30-15-21/h5-6,8,10-13,15-16,18H,9,14H2,1-4H3,(H,31,32,33)/t18-/m0/s1. The van der Waals surface area contributed by atoms with Gasteiger partial charge in [-0.1, -0.05) is 0 Å². The van der Waals surface area contributed by atoms with Gasteiger partial charge in [0.05, 0.1) is 18.3 Å². The van der Waals surface area contributed by atoms with Crippen molar-refractivity contribution in [2.45, 2.75) is 40.3 Å². The van der Waals surface area contributed by atoms with Crippen molar-refractivity contribution in [3.8, 4) is 45.7 Å². The van der Waals surface area contributed by atoms with Crippen molar-refractivity contribution in [3.05, 3.63) is 60.6 Å². The van der Waals surface area contributed by atoms with Gasteiger partial charge in [0.25, 0.3) is 0 Å². The summed E-state index contributed by atoms with van der Waals surface area (Å²) in [4.78, 5) is 36.6. The third-order valence-electron chi connectivity index (χ3n) is 5.44. The highest BCUT2D eigenvalue weighted by molar-refractivity contribution is 5.82. The number of pyridine rings is 1. The number of carbonyl (C=O) groups excluding carboxylic acids is 2. The van der Waals surface area contributed by atoms with Crippen LogP contribution in [-0.2, 0) is 20.9 Å². The number of benzene rings is 1. The monoisotopic (exact) mass is 525 g/mol. The number of carbonyl (C=O) groups is 2. The molecule has 1 aromatic carbocycles. The first-order valence-electron chi connectivity index (χ1n) is 12.2. The van der Waals surface area contributed by atoms with E-state index in [0.29, 0.717) is 52.0 Å². The van der Waals surface area contributed by atoms with Gasteiger partial charge in [-0.05, 0) is 49.7 Å². The molecule has 4 aromatic rings. The molecule has 0 spiro atoms. The van der Waals surface area contributed by atoms with Gasteiger partial charge in [0.15, 0.2) is 5.82 Å². The normalized spacial score (nSPS) is 11.4. The summed E-state index contributed by atoms with van der Waals surface area (Å²) in [5, 5.41) is 17.2. The van der Waals surface area contributed by atoms with E-state index in [1.165, 1.54) is 18.5 Å². The zero-order valence-corrected chi connectivity index (χ0v) is 22.0. The second kappa shape index (κ2) is 12.0. The number of hydrogen-bond donors (Lipinski definition) is 1. The van der Waals surface area contributed by atoms with Crippen LogP contribution in [0.3, 0.4) is 0 Å². The third kappa shape index (κ3) is 7.01. The Morgan fingerprint density at radius 3 is 2.64 bits per heavy atom. The molecule has 1 N–H and O–H groups in total. The van der Waals surface area contributed by atoms with Gasteiger partial charge in [-0.2, -0.15) is 10.4 Å². The molecule has 11 heteroatoms. The smallest absolute Gasteiger partial charge is 0.308 e. The van der Waals surface area contributed by atoms with Crippen LogP contribution in [-0.4, -0.2) is 49.3 Å². The summed E-state index contributed by atoms with van der Waals surface area (Å²) in [6, 6.07) is 12.9. The number of aryl methyl sites for hydroxylation is 1. The maximum absolute atomic E-state index is 11.6. The Bertz CT molecular complexity index is 1540. The number of nitrogens with zero attached hydrogens (tertiary/aromatic N) is 6. The predicted octanol–water partition coefficient (Wildman–Crippen LogP) is 4.19. The van der Waals surface area contributed by atoms with E-state index in [9.17, 15) is 14.9 Å². The van der Waals surface area contributed by atoms with E-state index in [0.717, 1.165) is 5.56 Å². The fourth-order valence-electron chi connectivity index (χ4n) is 3.96. The van der Waals surface area contributed by atoms with Crippen molar-refractivity contribution in [1.29, 1.82) is 5.26 Å². The summed E-state index contributed by atoms with van der Waals surface area (Å²) >= 11 is 0. The highest BCUT2D eigenvalue weighted by Crippen LogP contribution is 2.34. The average Bonchev–Trinajstić information content (AvgIpc) is 3.31. The SMILES string of the molecule is CC(=O)Oc1cc(C)cc(-c2nn(CC#N)cc2-c2cc(NC[C@H](C)OC(C)=O)nc(-c3cccnc3)n2)c1. The summed E-state index contributed by atoms with van der Waals surface area (Å²) in [7, 11) is 0. The topological polar surface area (TPSA) is 145 Å². The Labute approximate surface area is 225 Å². The van der Waals surface area contributed by atoms with Crippen molar-refractivity contribution in [3.63, 3.8) is 0 Å². The highest BCUT2D eigenvalue weighted by atomic mass is 16.5. The molecule has 3 heterocycles. The summed E-state index contributed by atoms with van der Waals surface area (Å²) in [6.45, 7) is 6.72. The van der Waals surface area contributed by atoms with Crippen molar-refractivity contribution in [2.75, 3.05) is 11.9 Å². The first-order valence-corrected chi connectivity index (χ1v) is 12.2. The van der Waals surface area contributed by atoms with E-state index in [1.54, 1.807) is 49.8 Å². The number of rotatable bonds is 9. The molecule has 0 amide bonds. The van der Waals surface area contributed by atoms with Crippen LogP contribution in [0.2, 0.25) is 0 Å². The predicted molar refractivity (Wildman–Crippen MR) is 143 cm³/mol. The fourth-order valence-corrected chi connectivity index (χ4v) is 3.96. The van der Waals surface area contributed by atoms with Crippen LogP contribution in [0.5, 0.6) is 5.75 Å². The lowest BCUT2D eigenvalue weighted by Crippen LogP contribution is -2.22. The zero-order valence-electron chi connectivity index (χ0n) is 22.0. The van der Waals surface area contributed by atoms with Gasteiger partial charge >= 0.3 is 11.9 Å². The minimum atomic E-state index is -0.433. The molecule has 0 fully saturated rings. The zero-order chi connectivity index (χ0) is 27.9. The summed E-state index contributed by atoms with van der Waals surface area (Å²) < 4.78 is 12.1. The van der Waals surface area contributed by atoms with Crippen LogP contribution in [0.4, 0.5) is 5.82 Å². The molecule has 39 heavy (non-hydrogen) atoms. The van der Waals surface area contributed by atoms with Gasteiger partial charge in [0, 0.05) is 55.2 Å². The van der Waals surface area contributed by atoms with Gasteiger partial charge in [-0.15, -0.1) is 0 Å². The fraction of sp³-hybridized carbons (Fsp3) is 0.250. The number of aromatic nitrogens is 5. The van der Waals surface area contributed by atoms with Crippen LogP contribution in [0.15, 0.2) is 55.0 Å². The van der Waals surface area contributed by atoms with E-state index in [1.807, 2.05) is 19.1 Å². The number of nitriles is 1. The quantitative estimate of drug-likeness (QED) is 0.249. The molecule has 0 bridgehead atoms. The average molecular weight is 526 g/mol. The summed E-state index contributed by atoms with van der Waals surface area (Å²) in [5.74, 6) is 0.509. The Hall–Kier alpha value is -5.11. The van der Waals surface area contributed by atoms with Gasteiger partial charge in [0.1, 0.15) is 29.9 Å². The van der Waals surface area contributed by atoms with Crippen LogP contribution in [0, 0.1) is 18.3 Å². The van der Waals surface area contributed by atoms with Crippen molar-refractivity contribution in [1.82, 2.24) is 24.7 Å².